The van der Waals surface area contributed by atoms with Gasteiger partial charge in [-0.15, -0.1) is 0 Å². The number of nitrogens with one attached hydrogen (secondary N) is 2. The van der Waals surface area contributed by atoms with Gasteiger partial charge in [-0.3, -0.25) is 9.89 Å². The van der Waals surface area contributed by atoms with Crippen LogP contribution in [0.5, 0.6) is 0 Å². The van der Waals surface area contributed by atoms with Gasteiger partial charge in [-0.05, 0) is 36.4 Å². The number of aromatic amines is 1. The molecule has 3 aromatic rings. The Morgan fingerprint density at radius 1 is 1.21 bits per heavy atom. The summed E-state index contributed by atoms with van der Waals surface area (Å²) in [6.45, 7) is 0. The summed E-state index contributed by atoms with van der Waals surface area (Å²) in [6.07, 6.45) is 1.65. The normalized spacial score (nSPS) is 10.6. The molecule has 4 nitrogen and oxygen atoms in total. The third kappa shape index (κ3) is 2.30. The van der Waals surface area contributed by atoms with Crippen LogP contribution in [0.1, 0.15) is 10.4 Å². The van der Waals surface area contributed by atoms with E-state index in [1.165, 1.54) is 12.1 Å². The smallest absolute Gasteiger partial charge is 0.255 e. The van der Waals surface area contributed by atoms with Gasteiger partial charge in [0.25, 0.3) is 5.91 Å². The van der Waals surface area contributed by atoms with Gasteiger partial charge in [0.15, 0.2) is 0 Å². The standard InChI is InChI=1S/C14H10FN3O/c15-11-2-1-3-12(7-11)17-14(19)9-4-5-13-10(6-9)8-16-18-13/h1-8H,(H,16,18)(H,17,19). The second-order valence-electron chi connectivity index (χ2n) is 4.14. The number of carbonyl (C=O) groups is 1. The first kappa shape index (κ1) is 11.4. The van der Waals surface area contributed by atoms with Gasteiger partial charge in [0.1, 0.15) is 5.82 Å². The number of rotatable bonds is 2. The highest BCUT2D eigenvalue weighted by atomic mass is 19.1. The highest BCUT2D eigenvalue weighted by molar-refractivity contribution is 6.06. The molecule has 0 aliphatic heterocycles. The van der Waals surface area contributed by atoms with E-state index >= 15 is 0 Å². The highest BCUT2D eigenvalue weighted by Crippen LogP contribution is 2.15. The number of aromatic nitrogens is 2. The fourth-order valence-electron chi connectivity index (χ4n) is 1.85. The largest absolute Gasteiger partial charge is 0.322 e. The maximum absolute atomic E-state index is 13.0. The minimum Gasteiger partial charge on any atom is -0.322 e. The van der Waals surface area contributed by atoms with Gasteiger partial charge >= 0.3 is 0 Å². The number of halogens is 1. The summed E-state index contributed by atoms with van der Waals surface area (Å²) >= 11 is 0. The van der Waals surface area contributed by atoms with E-state index < -0.39 is 0 Å². The molecule has 0 spiro atoms. The van der Waals surface area contributed by atoms with Crippen LogP contribution in [-0.2, 0) is 0 Å². The van der Waals surface area contributed by atoms with Crippen molar-refractivity contribution in [2.45, 2.75) is 0 Å². The van der Waals surface area contributed by atoms with Crippen LogP contribution in [0, 0.1) is 5.82 Å². The van der Waals surface area contributed by atoms with Crippen LogP contribution in [0.2, 0.25) is 0 Å². The van der Waals surface area contributed by atoms with E-state index in [1.807, 2.05) is 0 Å². The third-order valence-corrected chi connectivity index (χ3v) is 2.78. The van der Waals surface area contributed by atoms with Gasteiger partial charge in [-0.25, -0.2) is 4.39 Å². The average Bonchev–Trinajstić information content (AvgIpc) is 2.85. The Hall–Kier alpha value is -2.69. The molecule has 0 saturated carbocycles. The summed E-state index contributed by atoms with van der Waals surface area (Å²) < 4.78 is 13.0. The molecule has 94 valence electrons. The number of hydrogen-bond donors (Lipinski definition) is 2. The lowest BCUT2D eigenvalue weighted by Crippen LogP contribution is -2.11. The molecule has 2 N–H and O–H groups in total. The number of fused-ring (bicyclic) bond motifs is 1. The van der Waals surface area contributed by atoms with E-state index in [0.717, 1.165) is 10.9 Å². The number of carbonyl (C=O) groups excluding carboxylic acids is 1. The Kier molecular flexibility index (Phi) is 2.72. The van der Waals surface area contributed by atoms with E-state index in [1.54, 1.807) is 36.5 Å². The zero-order valence-electron chi connectivity index (χ0n) is 9.85. The van der Waals surface area contributed by atoms with Crippen molar-refractivity contribution in [3.63, 3.8) is 0 Å². The summed E-state index contributed by atoms with van der Waals surface area (Å²) in [7, 11) is 0. The number of anilines is 1. The first-order chi connectivity index (χ1) is 9.22. The van der Waals surface area contributed by atoms with E-state index in [-0.39, 0.29) is 11.7 Å². The molecular weight excluding hydrogens is 245 g/mol. The van der Waals surface area contributed by atoms with Crippen molar-refractivity contribution in [3.8, 4) is 0 Å². The van der Waals surface area contributed by atoms with Gasteiger partial charge < -0.3 is 5.32 Å². The monoisotopic (exact) mass is 255 g/mol. The molecule has 0 aliphatic carbocycles. The number of nitrogens with zero attached hydrogens (tertiary/aromatic N) is 1. The predicted octanol–water partition coefficient (Wildman–Crippen LogP) is 2.95. The van der Waals surface area contributed by atoms with E-state index in [9.17, 15) is 9.18 Å². The molecule has 19 heavy (non-hydrogen) atoms. The second-order valence-corrected chi connectivity index (χ2v) is 4.14. The Morgan fingerprint density at radius 2 is 2.11 bits per heavy atom. The fourth-order valence-corrected chi connectivity index (χ4v) is 1.85. The topological polar surface area (TPSA) is 57.8 Å². The SMILES string of the molecule is O=C(Nc1cccc(F)c1)c1ccc2[nH]ncc2c1. The van der Waals surface area contributed by atoms with Crippen molar-refractivity contribution in [2.75, 3.05) is 5.32 Å². The van der Waals surface area contributed by atoms with E-state index in [0.29, 0.717) is 11.3 Å². The van der Waals surface area contributed by atoms with Crippen LogP contribution in [0.15, 0.2) is 48.7 Å². The van der Waals surface area contributed by atoms with Crippen LogP contribution in [0.3, 0.4) is 0 Å². The molecule has 0 fully saturated rings. The molecule has 1 aromatic heterocycles. The average molecular weight is 255 g/mol. The predicted molar refractivity (Wildman–Crippen MR) is 70.4 cm³/mol. The van der Waals surface area contributed by atoms with E-state index in [2.05, 4.69) is 15.5 Å². The second kappa shape index (κ2) is 4.53. The van der Waals surface area contributed by atoms with Crippen LogP contribution >= 0.6 is 0 Å². The van der Waals surface area contributed by atoms with Gasteiger partial charge in [-0.1, -0.05) is 6.07 Å². The first-order valence-electron chi connectivity index (χ1n) is 5.72. The minimum absolute atomic E-state index is 0.284. The summed E-state index contributed by atoms with van der Waals surface area (Å²) in [5.41, 5.74) is 1.79. The molecule has 0 bridgehead atoms. The van der Waals surface area contributed by atoms with Crippen molar-refractivity contribution in [2.24, 2.45) is 0 Å². The lowest BCUT2D eigenvalue weighted by molar-refractivity contribution is 0.102. The lowest BCUT2D eigenvalue weighted by Gasteiger charge is -2.05. The summed E-state index contributed by atoms with van der Waals surface area (Å²) in [5.74, 6) is -0.670. The molecule has 0 atom stereocenters. The molecule has 5 heteroatoms. The molecule has 2 aromatic carbocycles. The molecule has 3 rings (SSSR count). The van der Waals surface area contributed by atoms with Gasteiger partial charge in [0.2, 0.25) is 0 Å². The molecule has 1 heterocycles. The molecule has 0 unspecified atom stereocenters. The third-order valence-electron chi connectivity index (χ3n) is 2.78. The van der Waals surface area contributed by atoms with Crippen molar-refractivity contribution >= 4 is 22.5 Å². The maximum Gasteiger partial charge on any atom is 0.255 e. The maximum atomic E-state index is 13.0. The fraction of sp³-hybridized carbons (Fsp3) is 0. The first-order valence-corrected chi connectivity index (χ1v) is 5.72. The molecule has 0 saturated heterocycles. The lowest BCUT2D eigenvalue weighted by atomic mass is 10.1. The number of amides is 1. The van der Waals surface area contributed by atoms with Crippen LogP contribution in [-0.4, -0.2) is 16.1 Å². The van der Waals surface area contributed by atoms with Crippen LogP contribution in [0.25, 0.3) is 10.9 Å². The van der Waals surface area contributed by atoms with Gasteiger partial charge in [0.05, 0.1) is 11.7 Å². The Morgan fingerprint density at radius 3 is 2.95 bits per heavy atom. The Balaban J connectivity index is 1.87. The number of hydrogen-bond acceptors (Lipinski definition) is 2. The quantitative estimate of drug-likeness (QED) is 0.739. The van der Waals surface area contributed by atoms with Crippen LogP contribution in [0.4, 0.5) is 10.1 Å². The summed E-state index contributed by atoms with van der Waals surface area (Å²) in [5, 5.41) is 10.2. The van der Waals surface area contributed by atoms with Crippen LogP contribution < -0.4 is 5.32 Å². The molecular formula is C14H10FN3O. The number of H-pyrrole nitrogens is 1. The van der Waals surface area contributed by atoms with E-state index in [4.69, 9.17) is 0 Å². The Bertz CT molecular complexity index is 751. The number of benzene rings is 2. The van der Waals surface area contributed by atoms with Gasteiger partial charge in [-0.2, -0.15) is 5.10 Å². The molecule has 0 aliphatic rings. The van der Waals surface area contributed by atoms with Crippen molar-refractivity contribution in [1.82, 2.24) is 10.2 Å². The van der Waals surface area contributed by atoms with Crippen molar-refractivity contribution in [3.05, 3.63) is 60.0 Å². The van der Waals surface area contributed by atoms with Crippen molar-refractivity contribution in [1.29, 1.82) is 0 Å². The summed E-state index contributed by atoms with van der Waals surface area (Å²) in [4.78, 5) is 12.0. The summed E-state index contributed by atoms with van der Waals surface area (Å²) in [6, 6.07) is 11.0. The molecule has 0 radical (unpaired) electrons. The zero-order chi connectivity index (χ0) is 13.2. The van der Waals surface area contributed by atoms with Gasteiger partial charge in [0, 0.05) is 16.6 Å². The zero-order valence-corrected chi connectivity index (χ0v) is 9.85. The Labute approximate surface area is 108 Å². The minimum atomic E-state index is -0.386. The highest BCUT2D eigenvalue weighted by Gasteiger charge is 2.07. The van der Waals surface area contributed by atoms with Crippen molar-refractivity contribution < 1.29 is 9.18 Å². The molecule has 1 amide bonds.